The lowest BCUT2D eigenvalue weighted by atomic mass is 10.1. The summed E-state index contributed by atoms with van der Waals surface area (Å²) in [7, 11) is 0. The lowest BCUT2D eigenvalue weighted by molar-refractivity contribution is 0.0988. The van der Waals surface area contributed by atoms with Crippen molar-refractivity contribution in [2.75, 3.05) is 0 Å². The van der Waals surface area contributed by atoms with Crippen molar-refractivity contribution in [1.82, 2.24) is 0 Å². The molecule has 3 heteroatoms. The van der Waals surface area contributed by atoms with E-state index in [4.69, 9.17) is 4.74 Å². The number of ether oxygens (including phenoxy) is 1. The van der Waals surface area contributed by atoms with E-state index in [9.17, 15) is 4.79 Å². The minimum absolute atomic E-state index is 0.122. The second kappa shape index (κ2) is 6.02. The lowest BCUT2D eigenvalue weighted by Crippen LogP contribution is -1.96. The molecule has 2 aromatic rings. The van der Waals surface area contributed by atoms with Crippen molar-refractivity contribution >= 4 is 21.7 Å². The van der Waals surface area contributed by atoms with Crippen LogP contribution in [0.15, 0.2) is 46.9 Å². The first-order chi connectivity index (χ1) is 9.10. The van der Waals surface area contributed by atoms with Gasteiger partial charge in [0, 0.05) is 16.5 Å². The van der Waals surface area contributed by atoms with E-state index < -0.39 is 0 Å². The van der Waals surface area contributed by atoms with Gasteiger partial charge in [0.15, 0.2) is 5.78 Å². The Labute approximate surface area is 121 Å². The molecule has 0 atom stereocenters. The molecule has 0 aliphatic heterocycles. The molecule has 0 aliphatic rings. The van der Waals surface area contributed by atoms with Gasteiger partial charge in [-0.3, -0.25) is 4.79 Å². The number of ketones is 1. The second-order valence-corrected chi connectivity index (χ2v) is 5.23. The largest absolute Gasteiger partial charge is 0.457 e. The maximum atomic E-state index is 11.7. The molecule has 0 spiro atoms. The molecule has 98 valence electrons. The summed E-state index contributed by atoms with van der Waals surface area (Å²) in [5.41, 5.74) is 1.74. The van der Waals surface area contributed by atoms with Crippen LogP contribution in [-0.4, -0.2) is 5.78 Å². The summed E-state index contributed by atoms with van der Waals surface area (Å²) >= 11 is 3.42. The molecule has 2 aromatic carbocycles. The standard InChI is InChI=1S/C16H15BrO2/c1-3-15(18)12-5-4-6-14(9-12)19-16-10-13(17)8-7-11(16)2/h4-10H,3H2,1-2H3. The van der Waals surface area contributed by atoms with Crippen LogP contribution in [0.5, 0.6) is 11.5 Å². The average Bonchev–Trinajstić information content (AvgIpc) is 2.42. The summed E-state index contributed by atoms with van der Waals surface area (Å²) in [6.45, 7) is 3.84. The van der Waals surface area contributed by atoms with Crippen molar-refractivity contribution in [3.05, 3.63) is 58.1 Å². The van der Waals surface area contributed by atoms with E-state index in [0.29, 0.717) is 17.7 Å². The van der Waals surface area contributed by atoms with Gasteiger partial charge >= 0.3 is 0 Å². The highest BCUT2D eigenvalue weighted by molar-refractivity contribution is 9.10. The van der Waals surface area contributed by atoms with Gasteiger partial charge in [-0.15, -0.1) is 0 Å². The van der Waals surface area contributed by atoms with E-state index in [1.54, 1.807) is 6.07 Å². The molecule has 0 heterocycles. The Hall–Kier alpha value is -1.61. The van der Waals surface area contributed by atoms with E-state index >= 15 is 0 Å². The highest BCUT2D eigenvalue weighted by Gasteiger charge is 2.06. The first kappa shape index (κ1) is 13.8. The van der Waals surface area contributed by atoms with Crippen LogP contribution in [0.1, 0.15) is 29.3 Å². The fourth-order valence-corrected chi connectivity index (χ4v) is 2.09. The van der Waals surface area contributed by atoms with Gasteiger partial charge in [-0.1, -0.05) is 41.1 Å². The number of rotatable bonds is 4. The molecule has 0 aliphatic carbocycles. The van der Waals surface area contributed by atoms with Crippen LogP contribution < -0.4 is 4.74 Å². The summed E-state index contributed by atoms with van der Waals surface area (Å²) in [6, 6.07) is 13.2. The van der Waals surface area contributed by atoms with Gasteiger partial charge in [0.1, 0.15) is 11.5 Å². The molecule has 2 nitrogen and oxygen atoms in total. The normalized spacial score (nSPS) is 10.3. The molecule has 0 aromatic heterocycles. The van der Waals surface area contributed by atoms with Gasteiger partial charge < -0.3 is 4.74 Å². The Morgan fingerprint density at radius 1 is 1.21 bits per heavy atom. The van der Waals surface area contributed by atoms with Crippen molar-refractivity contribution in [2.24, 2.45) is 0 Å². The number of hydrogen-bond donors (Lipinski definition) is 0. The Balaban J connectivity index is 2.28. The summed E-state index contributed by atoms with van der Waals surface area (Å²) < 4.78 is 6.81. The molecule has 0 fully saturated rings. The van der Waals surface area contributed by atoms with Crippen LogP contribution >= 0.6 is 15.9 Å². The Kier molecular flexibility index (Phi) is 4.38. The van der Waals surface area contributed by atoms with E-state index in [1.807, 2.05) is 50.2 Å². The van der Waals surface area contributed by atoms with Gasteiger partial charge in [-0.2, -0.15) is 0 Å². The van der Waals surface area contributed by atoms with Crippen LogP contribution in [0, 0.1) is 6.92 Å². The number of carbonyl (C=O) groups excluding carboxylic acids is 1. The fourth-order valence-electron chi connectivity index (χ4n) is 1.75. The number of halogens is 1. The van der Waals surface area contributed by atoms with Crippen molar-refractivity contribution in [3.8, 4) is 11.5 Å². The van der Waals surface area contributed by atoms with E-state index in [2.05, 4.69) is 15.9 Å². The highest BCUT2D eigenvalue weighted by atomic mass is 79.9. The number of carbonyl (C=O) groups is 1. The third-order valence-electron chi connectivity index (χ3n) is 2.86. The molecular weight excluding hydrogens is 304 g/mol. The smallest absolute Gasteiger partial charge is 0.162 e. The lowest BCUT2D eigenvalue weighted by Gasteiger charge is -2.10. The van der Waals surface area contributed by atoms with E-state index in [0.717, 1.165) is 15.8 Å². The van der Waals surface area contributed by atoms with Crippen LogP contribution in [0.2, 0.25) is 0 Å². The van der Waals surface area contributed by atoms with Gasteiger partial charge in [0.2, 0.25) is 0 Å². The summed E-state index contributed by atoms with van der Waals surface area (Å²) in [6.07, 6.45) is 0.499. The van der Waals surface area contributed by atoms with Crippen molar-refractivity contribution in [3.63, 3.8) is 0 Å². The van der Waals surface area contributed by atoms with Crippen LogP contribution in [-0.2, 0) is 0 Å². The minimum Gasteiger partial charge on any atom is -0.457 e. The average molecular weight is 319 g/mol. The molecule has 0 unspecified atom stereocenters. The quantitative estimate of drug-likeness (QED) is 0.729. The molecular formula is C16H15BrO2. The van der Waals surface area contributed by atoms with Crippen LogP contribution in [0.25, 0.3) is 0 Å². The first-order valence-electron chi connectivity index (χ1n) is 6.17. The molecule has 0 radical (unpaired) electrons. The zero-order chi connectivity index (χ0) is 13.8. The van der Waals surface area contributed by atoms with Crippen LogP contribution in [0.3, 0.4) is 0 Å². The molecule has 0 bridgehead atoms. The van der Waals surface area contributed by atoms with Crippen molar-refractivity contribution in [1.29, 1.82) is 0 Å². The molecule has 19 heavy (non-hydrogen) atoms. The number of benzene rings is 2. The molecule has 0 N–H and O–H groups in total. The predicted molar refractivity (Wildman–Crippen MR) is 80.0 cm³/mol. The third kappa shape index (κ3) is 3.44. The summed E-state index contributed by atoms with van der Waals surface area (Å²) in [5, 5.41) is 0. The molecule has 0 amide bonds. The first-order valence-corrected chi connectivity index (χ1v) is 6.96. The maximum absolute atomic E-state index is 11.7. The zero-order valence-corrected chi connectivity index (χ0v) is 12.5. The van der Waals surface area contributed by atoms with Gasteiger partial charge in [0.25, 0.3) is 0 Å². The zero-order valence-electron chi connectivity index (χ0n) is 10.9. The highest BCUT2D eigenvalue weighted by Crippen LogP contribution is 2.28. The summed E-state index contributed by atoms with van der Waals surface area (Å²) in [5.74, 6) is 1.59. The Bertz CT molecular complexity index is 605. The minimum atomic E-state index is 0.122. The topological polar surface area (TPSA) is 26.3 Å². The number of aryl methyl sites for hydroxylation is 1. The third-order valence-corrected chi connectivity index (χ3v) is 3.35. The van der Waals surface area contributed by atoms with E-state index in [1.165, 1.54) is 0 Å². The molecule has 0 saturated heterocycles. The number of hydrogen-bond acceptors (Lipinski definition) is 2. The van der Waals surface area contributed by atoms with Gasteiger partial charge in [-0.05, 0) is 36.8 Å². The predicted octanol–water partition coefficient (Wildman–Crippen LogP) is 5.14. The maximum Gasteiger partial charge on any atom is 0.162 e. The summed E-state index contributed by atoms with van der Waals surface area (Å²) in [4.78, 5) is 11.7. The molecule has 2 rings (SSSR count). The molecule has 0 saturated carbocycles. The second-order valence-electron chi connectivity index (χ2n) is 4.32. The van der Waals surface area contributed by atoms with Crippen molar-refractivity contribution < 1.29 is 9.53 Å². The monoisotopic (exact) mass is 318 g/mol. The Morgan fingerprint density at radius 2 is 2.00 bits per heavy atom. The van der Waals surface area contributed by atoms with E-state index in [-0.39, 0.29) is 5.78 Å². The van der Waals surface area contributed by atoms with Crippen LogP contribution in [0.4, 0.5) is 0 Å². The van der Waals surface area contributed by atoms with Crippen molar-refractivity contribution in [2.45, 2.75) is 20.3 Å². The van der Waals surface area contributed by atoms with Gasteiger partial charge in [-0.25, -0.2) is 0 Å². The Morgan fingerprint density at radius 3 is 2.74 bits per heavy atom. The number of Topliss-reactive ketones (excluding diaryl/α,β-unsaturated/α-hetero) is 1. The SMILES string of the molecule is CCC(=O)c1cccc(Oc2cc(Br)ccc2C)c1. The fraction of sp³-hybridized carbons (Fsp3) is 0.188. The van der Waals surface area contributed by atoms with Gasteiger partial charge in [0.05, 0.1) is 0 Å².